The number of nitrogens with zero attached hydrogens (tertiary/aromatic N) is 3. The number of rotatable bonds is 4. The van der Waals surface area contributed by atoms with Gasteiger partial charge in [-0.3, -0.25) is 9.69 Å². The minimum Gasteiger partial charge on any atom is -0.334 e. The highest BCUT2D eigenvalue weighted by Crippen LogP contribution is 2.24. The number of carbonyl (C=O) groups is 1. The van der Waals surface area contributed by atoms with Gasteiger partial charge in [-0.15, -0.1) is 0 Å². The Morgan fingerprint density at radius 3 is 3.17 bits per heavy atom. The van der Waals surface area contributed by atoms with Gasteiger partial charge in [0.2, 0.25) is 5.91 Å². The van der Waals surface area contributed by atoms with Gasteiger partial charge in [0.05, 0.1) is 6.04 Å². The van der Waals surface area contributed by atoms with Gasteiger partial charge >= 0.3 is 0 Å². The maximum absolute atomic E-state index is 11.5. The quantitative estimate of drug-likeness (QED) is 0.893. The van der Waals surface area contributed by atoms with Gasteiger partial charge in [0.25, 0.3) is 5.89 Å². The van der Waals surface area contributed by atoms with Crippen LogP contribution in [0, 0.1) is 0 Å². The lowest BCUT2D eigenvalue weighted by atomic mass is 10.2. The number of carbonyl (C=O) groups excluding carboxylic acids is 1. The van der Waals surface area contributed by atoms with E-state index < -0.39 is 0 Å². The molecule has 1 saturated heterocycles. The van der Waals surface area contributed by atoms with Gasteiger partial charge in [-0.2, -0.15) is 4.98 Å². The van der Waals surface area contributed by atoms with Gasteiger partial charge < -0.3 is 15.2 Å². The topological polar surface area (TPSA) is 83.3 Å². The molecule has 23 heavy (non-hydrogen) atoms. The second-order valence-corrected chi connectivity index (χ2v) is 5.64. The minimum absolute atomic E-state index is 0.0247. The molecule has 1 aliphatic heterocycles. The van der Waals surface area contributed by atoms with E-state index in [0.717, 1.165) is 30.9 Å². The molecule has 0 saturated carbocycles. The highest BCUT2D eigenvalue weighted by molar-refractivity contribution is 5.91. The summed E-state index contributed by atoms with van der Waals surface area (Å²) < 4.78 is 5.41. The summed E-state index contributed by atoms with van der Waals surface area (Å²) in [7, 11) is 2.06. The Bertz CT molecular complexity index is 685. The van der Waals surface area contributed by atoms with Crippen molar-refractivity contribution in [1.29, 1.82) is 0 Å². The fourth-order valence-electron chi connectivity index (χ4n) is 2.56. The van der Waals surface area contributed by atoms with Gasteiger partial charge in [0.1, 0.15) is 0 Å². The second-order valence-electron chi connectivity index (χ2n) is 5.64. The van der Waals surface area contributed by atoms with Crippen LogP contribution in [0.5, 0.6) is 0 Å². The van der Waals surface area contributed by atoms with Crippen LogP contribution in [-0.2, 0) is 4.79 Å². The number of hydrogen-bond acceptors (Lipinski definition) is 6. The van der Waals surface area contributed by atoms with E-state index >= 15 is 0 Å². The van der Waals surface area contributed by atoms with Gasteiger partial charge in [-0.05, 0) is 25.2 Å². The maximum Gasteiger partial charge on any atom is 0.258 e. The predicted molar refractivity (Wildman–Crippen MR) is 86.9 cm³/mol. The van der Waals surface area contributed by atoms with Crippen molar-refractivity contribution in [3.63, 3.8) is 0 Å². The van der Waals surface area contributed by atoms with Crippen molar-refractivity contribution in [2.24, 2.45) is 0 Å². The first kappa shape index (κ1) is 15.6. The summed E-state index contributed by atoms with van der Waals surface area (Å²) in [5.74, 6) is 1.12. The summed E-state index contributed by atoms with van der Waals surface area (Å²) in [6, 6.07) is 7.55. The third-order valence-electron chi connectivity index (χ3n) is 3.97. The zero-order valence-electron chi connectivity index (χ0n) is 13.4. The van der Waals surface area contributed by atoms with E-state index in [9.17, 15) is 4.79 Å². The smallest absolute Gasteiger partial charge is 0.258 e. The molecule has 1 atom stereocenters. The molecule has 2 N–H and O–H groups in total. The maximum atomic E-state index is 11.5. The van der Waals surface area contributed by atoms with Crippen LogP contribution >= 0.6 is 0 Å². The molecule has 122 valence electrons. The van der Waals surface area contributed by atoms with Crippen molar-refractivity contribution in [3.05, 3.63) is 30.1 Å². The summed E-state index contributed by atoms with van der Waals surface area (Å²) >= 11 is 0. The lowest BCUT2D eigenvalue weighted by Crippen LogP contribution is -2.44. The number of benzene rings is 1. The molecule has 1 fully saturated rings. The van der Waals surface area contributed by atoms with Crippen LogP contribution in [0.25, 0.3) is 11.5 Å². The van der Waals surface area contributed by atoms with Crippen molar-refractivity contribution in [2.45, 2.75) is 19.4 Å². The summed E-state index contributed by atoms with van der Waals surface area (Å²) in [5.41, 5.74) is 1.52. The Morgan fingerprint density at radius 2 is 2.39 bits per heavy atom. The molecule has 1 amide bonds. The number of anilines is 1. The summed E-state index contributed by atoms with van der Waals surface area (Å²) in [6.07, 6.45) is 0.440. The molecule has 1 aliphatic rings. The average Bonchev–Trinajstić information content (AvgIpc) is 3.05. The van der Waals surface area contributed by atoms with Crippen LogP contribution in [0.3, 0.4) is 0 Å². The van der Waals surface area contributed by atoms with Crippen LogP contribution in [0.1, 0.15) is 25.2 Å². The third kappa shape index (κ3) is 3.57. The van der Waals surface area contributed by atoms with E-state index in [0.29, 0.717) is 18.1 Å². The fraction of sp³-hybridized carbons (Fsp3) is 0.438. The first-order valence-corrected chi connectivity index (χ1v) is 7.82. The number of likely N-dealkylation sites (N-methyl/N-ethyl adjacent to an activating group) is 1. The van der Waals surface area contributed by atoms with Crippen LogP contribution in [0.15, 0.2) is 28.8 Å². The van der Waals surface area contributed by atoms with E-state index in [2.05, 4.69) is 32.7 Å². The molecule has 7 heteroatoms. The Hall–Kier alpha value is -2.25. The van der Waals surface area contributed by atoms with E-state index in [1.807, 2.05) is 31.2 Å². The normalized spacial score (nSPS) is 18.8. The highest BCUT2D eigenvalue weighted by atomic mass is 16.5. The molecule has 0 aliphatic carbocycles. The van der Waals surface area contributed by atoms with Crippen LogP contribution in [0.4, 0.5) is 5.69 Å². The number of hydrogen-bond donors (Lipinski definition) is 2. The van der Waals surface area contributed by atoms with Crippen LogP contribution in [0.2, 0.25) is 0 Å². The van der Waals surface area contributed by atoms with Crippen molar-refractivity contribution in [3.8, 4) is 11.5 Å². The molecule has 2 heterocycles. The Kier molecular flexibility index (Phi) is 4.68. The number of amides is 1. The molecule has 1 aromatic carbocycles. The second kappa shape index (κ2) is 6.89. The first-order valence-electron chi connectivity index (χ1n) is 7.82. The zero-order valence-corrected chi connectivity index (χ0v) is 13.4. The van der Waals surface area contributed by atoms with Crippen molar-refractivity contribution < 1.29 is 9.32 Å². The standard InChI is InChI=1S/C16H21N5O2/c1-3-14(22)18-12-6-4-5-11(9-12)16-19-15(20-23-16)13-10-17-7-8-21(13)2/h4-6,9,13,17H,3,7-8,10H2,1-2H3,(H,18,22). The Morgan fingerprint density at radius 1 is 1.52 bits per heavy atom. The number of nitrogens with one attached hydrogen (secondary N) is 2. The predicted octanol–water partition coefficient (Wildman–Crippen LogP) is 1.66. The third-order valence-corrected chi connectivity index (χ3v) is 3.97. The van der Waals surface area contributed by atoms with E-state index in [4.69, 9.17) is 4.52 Å². The van der Waals surface area contributed by atoms with Crippen LogP contribution in [-0.4, -0.2) is 47.6 Å². The summed E-state index contributed by atoms with van der Waals surface area (Å²) in [5, 5.41) is 10.3. The minimum atomic E-state index is -0.0247. The van der Waals surface area contributed by atoms with Crippen molar-refractivity contribution in [1.82, 2.24) is 20.4 Å². The van der Waals surface area contributed by atoms with Gasteiger partial charge in [0, 0.05) is 37.3 Å². The summed E-state index contributed by atoms with van der Waals surface area (Å²) in [6.45, 7) is 4.55. The molecule has 1 unspecified atom stereocenters. The van der Waals surface area contributed by atoms with Crippen molar-refractivity contribution >= 4 is 11.6 Å². The van der Waals surface area contributed by atoms with E-state index in [1.54, 1.807) is 0 Å². The molecule has 1 aromatic heterocycles. The zero-order chi connectivity index (χ0) is 16.2. The number of piperazine rings is 1. The van der Waals surface area contributed by atoms with Gasteiger partial charge in [-0.1, -0.05) is 18.1 Å². The molecule has 0 radical (unpaired) electrons. The Balaban J connectivity index is 1.80. The molecule has 7 nitrogen and oxygen atoms in total. The average molecular weight is 315 g/mol. The van der Waals surface area contributed by atoms with Crippen LogP contribution < -0.4 is 10.6 Å². The lowest BCUT2D eigenvalue weighted by Gasteiger charge is -2.30. The molecule has 0 spiro atoms. The first-order chi connectivity index (χ1) is 11.2. The largest absolute Gasteiger partial charge is 0.334 e. The molecule has 3 rings (SSSR count). The van der Waals surface area contributed by atoms with E-state index in [-0.39, 0.29) is 11.9 Å². The molecule has 0 bridgehead atoms. The van der Waals surface area contributed by atoms with E-state index in [1.165, 1.54) is 0 Å². The van der Waals surface area contributed by atoms with Crippen molar-refractivity contribution in [2.75, 3.05) is 32.0 Å². The summed E-state index contributed by atoms with van der Waals surface area (Å²) in [4.78, 5) is 18.2. The van der Waals surface area contributed by atoms with Gasteiger partial charge in [0.15, 0.2) is 5.82 Å². The SMILES string of the molecule is CCC(=O)Nc1cccc(-c2nc(C3CNCCN3C)no2)c1. The molecular weight excluding hydrogens is 294 g/mol. The monoisotopic (exact) mass is 315 g/mol. The fourth-order valence-corrected chi connectivity index (χ4v) is 2.56. The Labute approximate surface area is 135 Å². The van der Waals surface area contributed by atoms with Gasteiger partial charge in [-0.25, -0.2) is 0 Å². The lowest BCUT2D eigenvalue weighted by molar-refractivity contribution is -0.115. The highest BCUT2D eigenvalue weighted by Gasteiger charge is 2.25. The number of aromatic nitrogens is 2. The molecule has 2 aromatic rings. The molecular formula is C16H21N5O2.